The summed E-state index contributed by atoms with van der Waals surface area (Å²) in [5.41, 5.74) is 0. The highest BCUT2D eigenvalue weighted by molar-refractivity contribution is 6.22. The van der Waals surface area contributed by atoms with Crippen molar-refractivity contribution >= 4 is 11.6 Å². The van der Waals surface area contributed by atoms with Crippen LogP contribution in [0.25, 0.3) is 0 Å². The molecule has 1 aliphatic rings. The zero-order valence-corrected chi connectivity index (χ0v) is 6.58. The molecule has 1 N–H and O–H groups in total. The van der Waals surface area contributed by atoms with E-state index in [-0.39, 0.29) is 24.0 Å². The van der Waals surface area contributed by atoms with Crippen molar-refractivity contribution < 1.29 is 9.84 Å². The first-order valence-electron chi connectivity index (χ1n) is 3.32. The van der Waals surface area contributed by atoms with E-state index in [2.05, 4.69) is 0 Å². The number of rotatable bonds is 1. The maximum atomic E-state index is 8.76. The number of hydrogen-bond donors (Lipinski definition) is 1. The van der Waals surface area contributed by atoms with Crippen molar-refractivity contribution in [3.63, 3.8) is 0 Å². The highest BCUT2D eigenvalue weighted by atomic mass is 35.5. The number of halogens is 1. The average molecular weight is 163 g/mol. The summed E-state index contributed by atoms with van der Waals surface area (Å²) in [6.45, 7) is 2.00. The van der Waals surface area contributed by atoms with Gasteiger partial charge >= 0.3 is 0 Å². The number of aliphatic hydroxyl groups excluding tert-OH is 1. The molecule has 3 heteroatoms. The molecule has 10 heavy (non-hydrogen) atoms. The average Bonchev–Trinajstić information content (AvgIpc) is 1.95. The van der Waals surface area contributed by atoms with E-state index in [1.165, 1.54) is 0 Å². The molecule has 1 aliphatic heterocycles. The second-order valence-corrected chi connectivity index (χ2v) is 2.99. The maximum Gasteiger partial charge on any atom is 0.125 e. The molecule has 0 aromatic carbocycles. The Labute approximate surface area is 65.4 Å². The highest BCUT2D eigenvalue weighted by Crippen LogP contribution is 2.22. The standard InChI is InChI=1S/C7H11ClO2/c1-5-6(8)2-3-10-7(5)4-9/h2-3,5-7,9H,4H2,1H3. The van der Waals surface area contributed by atoms with Crippen LogP contribution < -0.4 is 0 Å². The minimum atomic E-state index is -0.132. The molecule has 0 bridgehead atoms. The number of alkyl halides is 1. The van der Waals surface area contributed by atoms with Crippen molar-refractivity contribution in [2.75, 3.05) is 6.61 Å². The van der Waals surface area contributed by atoms with Crippen molar-refractivity contribution in [2.45, 2.75) is 18.4 Å². The van der Waals surface area contributed by atoms with Crippen molar-refractivity contribution in [2.24, 2.45) is 5.92 Å². The Hall–Kier alpha value is -0.210. The van der Waals surface area contributed by atoms with Gasteiger partial charge in [-0.1, -0.05) is 6.92 Å². The molecule has 0 radical (unpaired) electrons. The number of aliphatic hydroxyl groups is 1. The monoisotopic (exact) mass is 162 g/mol. The third kappa shape index (κ3) is 1.44. The largest absolute Gasteiger partial charge is 0.496 e. The molecule has 58 valence electrons. The summed E-state index contributed by atoms with van der Waals surface area (Å²) in [5, 5.41) is 8.75. The predicted molar refractivity (Wildman–Crippen MR) is 39.9 cm³/mol. The zero-order chi connectivity index (χ0) is 7.56. The van der Waals surface area contributed by atoms with E-state index in [4.69, 9.17) is 21.4 Å². The Morgan fingerprint density at radius 1 is 1.70 bits per heavy atom. The van der Waals surface area contributed by atoms with Crippen LogP contribution in [0.4, 0.5) is 0 Å². The summed E-state index contributed by atoms with van der Waals surface area (Å²) in [7, 11) is 0. The summed E-state index contributed by atoms with van der Waals surface area (Å²) in [5.74, 6) is 0.191. The minimum absolute atomic E-state index is 0.00843. The Kier molecular flexibility index (Phi) is 2.57. The van der Waals surface area contributed by atoms with Crippen LogP contribution in [0.2, 0.25) is 0 Å². The molecule has 3 atom stereocenters. The summed E-state index contributed by atoms with van der Waals surface area (Å²) in [6, 6.07) is 0. The van der Waals surface area contributed by atoms with Crippen molar-refractivity contribution in [1.82, 2.24) is 0 Å². The highest BCUT2D eigenvalue weighted by Gasteiger charge is 2.25. The Balaban J connectivity index is 2.56. The summed E-state index contributed by atoms with van der Waals surface area (Å²) >= 11 is 5.86. The van der Waals surface area contributed by atoms with Gasteiger partial charge in [0.2, 0.25) is 0 Å². The van der Waals surface area contributed by atoms with Gasteiger partial charge in [0.25, 0.3) is 0 Å². The molecule has 0 saturated carbocycles. The summed E-state index contributed by atoms with van der Waals surface area (Å²) in [6.07, 6.45) is 3.21. The van der Waals surface area contributed by atoms with Crippen LogP contribution in [0.15, 0.2) is 12.3 Å². The van der Waals surface area contributed by atoms with Gasteiger partial charge in [-0.15, -0.1) is 11.6 Å². The number of allylic oxidation sites excluding steroid dienone is 1. The maximum absolute atomic E-state index is 8.76. The molecule has 0 amide bonds. The molecule has 2 nitrogen and oxygen atoms in total. The smallest absolute Gasteiger partial charge is 0.125 e. The predicted octanol–water partition coefficient (Wildman–Crippen LogP) is 1.13. The number of ether oxygens (including phenoxy) is 1. The number of hydrogen-bond acceptors (Lipinski definition) is 2. The van der Waals surface area contributed by atoms with Crippen molar-refractivity contribution in [3.8, 4) is 0 Å². The van der Waals surface area contributed by atoms with Crippen LogP contribution in [0.3, 0.4) is 0 Å². The van der Waals surface area contributed by atoms with Gasteiger partial charge in [-0.2, -0.15) is 0 Å². The van der Waals surface area contributed by atoms with Gasteiger partial charge in [0, 0.05) is 5.92 Å². The third-order valence-corrected chi connectivity index (χ3v) is 2.33. The molecule has 0 fully saturated rings. The van der Waals surface area contributed by atoms with Crippen LogP contribution >= 0.6 is 11.6 Å². The molecule has 1 heterocycles. The molecule has 0 spiro atoms. The van der Waals surface area contributed by atoms with Crippen molar-refractivity contribution in [3.05, 3.63) is 12.3 Å². The lowest BCUT2D eigenvalue weighted by Crippen LogP contribution is -2.32. The fraction of sp³-hybridized carbons (Fsp3) is 0.714. The van der Waals surface area contributed by atoms with Crippen LogP contribution in [-0.4, -0.2) is 23.2 Å². The van der Waals surface area contributed by atoms with E-state index < -0.39 is 0 Å². The molecule has 0 aromatic rings. The normalized spacial score (nSPS) is 39.3. The molecular formula is C7H11ClO2. The van der Waals surface area contributed by atoms with E-state index in [1.807, 2.05) is 6.92 Å². The fourth-order valence-corrected chi connectivity index (χ4v) is 1.16. The second kappa shape index (κ2) is 3.26. The van der Waals surface area contributed by atoms with E-state index in [1.54, 1.807) is 12.3 Å². The van der Waals surface area contributed by atoms with Gasteiger partial charge in [0.1, 0.15) is 6.10 Å². The Morgan fingerprint density at radius 2 is 2.40 bits per heavy atom. The van der Waals surface area contributed by atoms with Crippen LogP contribution in [0.1, 0.15) is 6.92 Å². The van der Waals surface area contributed by atoms with E-state index in [9.17, 15) is 0 Å². The first-order chi connectivity index (χ1) is 4.75. The molecular weight excluding hydrogens is 152 g/mol. The van der Waals surface area contributed by atoms with Gasteiger partial charge in [-0.25, -0.2) is 0 Å². The lowest BCUT2D eigenvalue weighted by Gasteiger charge is -2.27. The van der Waals surface area contributed by atoms with Crippen molar-refractivity contribution in [1.29, 1.82) is 0 Å². The van der Waals surface area contributed by atoms with E-state index >= 15 is 0 Å². The first kappa shape index (κ1) is 7.89. The van der Waals surface area contributed by atoms with Gasteiger partial charge in [-0.05, 0) is 6.08 Å². The summed E-state index contributed by atoms with van der Waals surface area (Å²) < 4.78 is 5.09. The van der Waals surface area contributed by atoms with Gasteiger partial charge in [0.15, 0.2) is 0 Å². The van der Waals surface area contributed by atoms with Gasteiger partial charge in [0.05, 0.1) is 18.2 Å². The van der Waals surface area contributed by atoms with Gasteiger partial charge in [-0.3, -0.25) is 0 Å². The molecule has 0 aliphatic carbocycles. The molecule has 1 rings (SSSR count). The Bertz CT molecular complexity index is 136. The summed E-state index contributed by atoms with van der Waals surface area (Å²) in [4.78, 5) is 0. The molecule has 0 saturated heterocycles. The lowest BCUT2D eigenvalue weighted by atomic mass is 9.99. The molecule has 3 unspecified atom stereocenters. The lowest BCUT2D eigenvalue weighted by molar-refractivity contribution is 0.0304. The van der Waals surface area contributed by atoms with Crippen LogP contribution in [-0.2, 0) is 4.74 Å². The van der Waals surface area contributed by atoms with Crippen LogP contribution in [0, 0.1) is 5.92 Å². The second-order valence-electron chi connectivity index (χ2n) is 2.49. The Morgan fingerprint density at radius 3 is 2.90 bits per heavy atom. The third-order valence-electron chi connectivity index (χ3n) is 1.78. The van der Waals surface area contributed by atoms with E-state index in [0.717, 1.165) is 0 Å². The van der Waals surface area contributed by atoms with Gasteiger partial charge < -0.3 is 9.84 Å². The quantitative estimate of drug-likeness (QED) is 0.586. The fourth-order valence-electron chi connectivity index (χ4n) is 0.935. The molecule has 0 aromatic heterocycles. The topological polar surface area (TPSA) is 29.5 Å². The zero-order valence-electron chi connectivity index (χ0n) is 5.83. The first-order valence-corrected chi connectivity index (χ1v) is 3.76. The van der Waals surface area contributed by atoms with Crippen LogP contribution in [0.5, 0.6) is 0 Å². The van der Waals surface area contributed by atoms with E-state index in [0.29, 0.717) is 0 Å². The minimum Gasteiger partial charge on any atom is -0.496 e. The SMILES string of the molecule is CC1C(Cl)C=COC1CO.